The third kappa shape index (κ3) is 2.67. The molecule has 1 heterocycles. The zero-order valence-electron chi connectivity index (χ0n) is 10.2. The molecule has 1 N–H and O–H groups in total. The van der Waals surface area contributed by atoms with Gasteiger partial charge in [-0.25, -0.2) is 4.98 Å². The summed E-state index contributed by atoms with van der Waals surface area (Å²) in [5.74, 6) is 1.91. The Hall–Kier alpha value is -2.66. The first-order valence-corrected chi connectivity index (χ1v) is 6.91. The van der Waals surface area contributed by atoms with Crippen molar-refractivity contribution < 1.29 is 13.2 Å². The number of nitrogens with one attached hydrogen (secondary N) is 1. The third-order valence-electron chi connectivity index (χ3n) is 2.41. The van der Waals surface area contributed by atoms with Gasteiger partial charge in [0.05, 0.1) is 11.4 Å². The molecule has 0 aliphatic heterocycles. The van der Waals surface area contributed by atoms with Gasteiger partial charge in [-0.2, -0.15) is 8.42 Å². The summed E-state index contributed by atoms with van der Waals surface area (Å²) in [7, 11) is -3.78. The highest BCUT2D eigenvalue weighted by atomic mass is 32.2. The molecular weight excluding hydrogens is 280 g/mol. The standard InChI is InChI=1S/C12H10N4O3S/c1-2-7-14-12(17)10-3-5-11(6-4-10)20(18,19)16-9-13-8-15-16/h1,3-6,8-9H,7H2,(H,14,17). The second-order valence-corrected chi connectivity index (χ2v) is 5.48. The van der Waals surface area contributed by atoms with E-state index in [-0.39, 0.29) is 17.3 Å². The van der Waals surface area contributed by atoms with Gasteiger partial charge in [0.2, 0.25) is 0 Å². The van der Waals surface area contributed by atoms with Crippen molar-refractivity contribution in [2.24, 2.45) is 0 Å². The minimum atomic E-state index is -3.78. The van der Waals surface area contributed by atoms with Gasteiger partial charge in [-0.15, -0.1) is 15.6 Å². The SMILES string of the molecule is C#CCNC(=O)c1ccc(S(=O)(=O)n2cncn2)cc1. The van der Waals surface area contributed by atoms with Crippen LogP contribution in [0.3, 0.4) is 0 Å². The predicted octanol–water partition coefficient (Wildman–Crippen LogP) is -0.122. The molecule has 0 spiro atoms. The number of aromatic nitrogens is 3. The van der Waals surface area contributed by atoms with Crippen LogP contribution in [0.25, 0.3) is 0 Å². The van der Waals surface area contributed by atoms with Crippen LogP contribution in [0.1, 0.15) is 10.4 Å². The van der Waals surface area contributed by atoms with Crippen LogP contribution < -0.4 is 5.32 Å². The maximum absolute atomic E-state index is 12.1. The number of benzene rings is 1. The summed E-state index contributed by atoms with van der Waals surface area (Å²) in [4.78, 5) is 15.2. The van der Waals surface area contributed by atoms with Gasteiger partial charge in [0, 0.05) is 5.56 Å². The number of hydrogen-bond donors (Lipinski definition) is 1. The molecule has 102 valence electrons. The fraction of sp³-hybridized carbons (Fsp3) is 0.0833. The van der Waals surface area contributed by atoms with E-state index in [1.807, 2.05) is 0 Å². The number of hydrogen-bond acceptors (Lipinski definition) is 5. The molecule has 2 aromatic rings. The summed E-state index contributed by atoms with van der Waals surface area (Å²) >= 11 is 0. The quantitative estimate of drug-likeness (QED) is 0.792. The molecular formula is C12H10N4O3S. The number of amides is 1. The maximum atomic E-state index is 12.1. The van der Waals surface area contributed by atoms with Crippen molar-refractivity contribution in [3.8, 4) is 12.3 Å². The van der Waals surface area contributed by atoms with Crippen molar-refractivity contribution in [2.75, 3.05) is 6.54 Å². The van der Waals surface area contributed by atoms with Crippen LogP contribution in [0, 0.1) is 12.3 Å². The van der Waals surface area contributed by atoms with Crippen LogP contribution >= 0.6 is 0 Å². The molecule has 0 saturated carbocycles. The molecule has 0 atom stereocenters. The topological polar surface area (TPSA) is 94.0 Å². The van der Waals surface area contributed by atoms with Crippen LogP contribution in [0.15, 0.2) is 41.8 Å². The van der Waals surface area contributed by atoms with Gasteiger partial charge in [0.15, 0.2) is 0 Å². The smallest absolute Gasteiger partial charge is 0.284 e. The van der Waals surface area contributed by atoms with Gasteiger partial charge >= 0.3 is 0 Å². The van der Waals surface area contributed by atoms with Crippen molar-refractivity contribution in [3.05, 3.63) is 42.5 Å². The number of carbonyl (C=O) groups is 1. The molecule has 0 aliphatic carbocycles. The van der Waals surface area contributed by atoms with Crippen LogP contribution in [0.4, 0.5) is 0 Å². The Kier molecular flexibility index (Phi) is 3.81. The Balaban J connectivity index is 2.25. The fourth-order valence-corrected chi connectivity index (χ4v) is 2.48. The molecule has 2 rings (SSSR count). The minimum Gasteiger partial charge on any atom is -0.341 e. The molecule has 0 saturated heterocycles. The van der Waals surface area contributed by atoms with Gasteiger partial charge in [0.1, 0.15) is 12.7 Å². The Morgan fingerprint density at radius 1 is 1.35 bits per heavy atom. The van der Waals surface area contributed by atoms with Crippen LogP contribution in [-0.2, 0) is 10.0 Å². The van der Waals surface area contributed by atoms with Crippen LogP contribution in [0.5, 0.6) is 0 Å². The van der Waals surface area contributed by atoms with E-state index in [4.69, 9.17) is 6.42 Å². The van der Waals surface area contributed by atoms with E-state index in [1.54, 1.807) is 0 Å². The Bertz CT molecular complexity index is 743. The van der Waals surface area contributed by atoms with Crippen molar-refractivity contribution >= 4 is 15.9 Å². The van der Waals surface area contributed by atoms with Crippen molar-refractivity contribution in [1.29, 1.82) is 0 Å². The number of carbonyl (C=O) groups excluding carboxylic acids is 1. The highest BCUT2D eigenvalue weighted by molar-refractivity contribution is 7.89. The summed E-state index contributed by atoms with van der Waals surface area (Å²) in [5.41, 5.74) is 0.317. The zero-order valence-corrected chi connectivity index (χ0v) is 11.0. The molecule has 8 heteroatoms. The van der Waals surface area contributed by atoms with Gasteiger partial charge in [0.25, 0.3) is 15.9 Å². The largest absolute Gasteiger partial charge is 0.341 e. The van der Waals surface area contributed by atoms with E-state index in [1.165, 1.54) is 24.3 Å². The summed E-state index contributed by atoms with van der Waals surface area (Å²) in [5, 5.41) is 6.06. The zero-order chi connectivity index (χ0) is 14.6. The first kappa shape index (κ1) is 13.8. The molecule has 1 aromatic carbocycles. The van der Waals surface area contributed by atoms with E-state index >= 15 is 0 Å². The Labute approximate surface area is 115 Å². The van der Waals surface area contributed by atoms with Gasteiger partial charge < -0.3 is 5.32 Å². The van der Waals surface area contributed by atoms with E-state index in [2.05, 4.69) is 21.3 Å². The summed E-state index contributed by atoms with van der Waals surface area (Å²) in [6.07, 6.45) is 7.24. The van der Waals surface area contributed by atoms with E-state index in [0.29, 0.717) is 5.56 Å². The van der Waals surface area contributed by atoms with E-state index in [9.17, 15) is 13.2 Å². The minimum absolute atomic E-state index is 0.0106. The molecule has 0 aliphatic rings. The van der Waals surface area contributed by atoms with E-state index < -0.39 is 10.0 Å². The fourth-order valence-electron chi connectivity index (χ4n) is 1.44. The average molecular weight is 290 g/mol. The molecule has 0 unspecified atom stereocenters. The molecule has 1 amide bonds. The molecule has 7 nitrogen and oxygen atoms in total. The first-order valence-electron chi connectivity index (χ1n) is 5.47. The highest BCUT2D eigenvalue weighted by Crippen LogP contribution is 2.13. The molecule has 1 aromatic heterocycles. The van der Waals surface area contributed by atoms with Crippen molar-refractivity contribution in [2.45, 2.75) is 4.90 Å². The lowest BCUT2D eigenvalue weighted by atomic mass is 10.2. The third-order valence-corrected chi connectivity index (χ3v) is 3.96. The lowest BCUT2D eigenvalue weighted by molar-refractivity contribution is 0.0958. The second kappa shape index (κ2) is 5.54. The molecule has 0 fully saturated rings. The molecule has 0 bridgehead atoms. The average Bonchev–Trinajstić information content (AvgIpc) is 3.00. The first-order chi connectivity index (χ1) is 9.55. The normalized spacial score (nSPS) is 10.8. The summed E-state index contributed by atoms with van der Waals surface area (Å²) < 4.78 is 24.9. The second-order valence-electron chi connectivity index (χ2n) is 3.68. The lowest BCUT2D eigenvalue weighted by Crippen LogP contribution is -2.23. The lowest BCUT2D eigenvalue weighted by Gasteiger charge is -2.05. The van der Waals surface area contributed by atoms with E-state index in [0.717, 1.165) is 16.7 Å². The number of nitrogens with zero attached hydrogens (tertiary/aromatic N) is 3. The Morgan fingerprint density at radius 3 is 2.60 bits per heavy atom. The van der Waals surface area contributed by atoms with Gasteiger partial charge in [-0.3, -0.25) is 4.79 Å². The van der Waals surface area contributed by atoms with Crippen LogP contribution in [-0.4, -0.2) is 35.0 Å². The monoisotopic (exact) mass is 290 g/mol. The van der Waals surface area contributed by atoms with Crippen molar-refractivity contribution in [1.82, 2.24) is 19.5 Å². The van der Waals surface area contributed by atoms with Gasteiger partial charge in [-0.05, 0) is 24.3 Å². The Morgan fingerprint density at radius 2 is 2.05 bits per heavy atom. The maximum Gasteiger partial charge on any atom is 0.284 e. The summed E-state index contributed by atoms with van der Waals surface area (Å²) in [6, 6.07) is 5.44. The molecule has 0 radical (unpaired) electrons. The van der Waals surface area contributed by atoms with Crippen molar-refractivity contribution in [3.63, 3.8) is 0 Å². The van der Waals surface area contributed by atoms with Crippen LogP contribution in [0.2, 0.25) is 0 Å². The molecule has 20 heavy (non-hydrogen) atoms. The highest BCUT2D eigenvalue weighted by Gasteiger charge is 2.17. The number of rotatable bonds is 4. The van der Waals surface area contributed by atoms with Gasteiger partial charge in [-0.1, -0.05) is 5.92 Å². The number of terminal acetylenes is 1. The predicted molar refractivity (Wildman–Crippen MR) is 70.2 cm³/mol. The summed E-state index contributed by atoms with van der Waals surface area (Å²) in [6.45, 7) is 0.109.